The first-order valence-corrected chi connectivity index (χ1v) is 11.1. The van der Waals surface area contributed by atoms with Gasteiger partial charge in [0.1, 0.15) is 0 Å². The van der Waals surface area contributed by atoms with Gasteiger partial charge in [0, 0.05) is 72.0 Å². The normalized spacial score (nSPS) is 22.2. The minimum Gasteiger partial charge on any atom is -0.379 e. The average Bonchev–Trinajstić information content (AvgIpc) is 2.69. The van der Waals surface area contributed by atoms with E-state index in [0.717, 1.165) is 51.9 Å². The highest BCUT2D eigenvalue weighted by atomic mass is 127. The van der Waals surface area contributed by atoms with E-state index in [4.69, 9.17) is 4.74 Å². The Bertz CT molecular complexity index is 450. The summed E-state index contributed by atoms with van der Waals surface area (Å²) in [6, 6.07) is 0.533. The second kappa shape index (κ2) is 14.8. The summed E-state index contributed by atoms with van der Waals surface area (Å²) in [4.78, 5) is 12.0. The summed E-state index contributed by atoms with van der Waals surface area (Å²) >= 11 is 0. The van der Waals surface area contributed by atoms with Crippen LogP contribution in [0.25, 0.3) is 0 Å². The van der Waals surface area contributed by atoms with Crippen LogP contribution in [0.5, 0.6) is 0 Å². The third-order valence-electron chi connectivity index (χ3n) is 5.82. The molecule has 8 heteroatoms. The van der Waals surface area contributed by atoms with Crippen LogP contribution in [-0.2, 0) is 4.74 Å². The van der Waals surface area contributed by atoms with E-state index in [1.54, 1.807) is 0 Å². The van der Waals surface area contributed by atoms with Gasteiger partial charge in [-0.25, -0.2) is 0 Å². The molecule has 7 nitrogen and oxygen atoms in total. The highest BCUT2D eigenvalue weighted by Crippen LogP contribution is 2.13. The van der Waals surface area contributed by atoms with Crippen molar-refractivity contribution in [2.24, 2.45) is 16.8 Å². The molecule has 2 rings (SSSR count). The predicted octanol–water partition coefficient (Wildman–Crippen LogP) is 1.40. The number of nitrogens with zero attached hydrogens (tertiary/aromatic N) is 4. The highest BCUT2D eigenvalue weighted by molar-refractivity contribution is 14.0. The summed E-state index contributed by atoms with van der Waals surface area (Å²) in [5.41, 5.74) is 0. The fourth-order valence-electron chi connectivity index (χ4n) is 4.09. The Kier molecular flexibility index (Phi) is 13.7. The average molecular weight is 525 g/mol. The van der Waals surface area contributed by atoms with Crippen LogP contribution in [0.3, 0.4) is 0 Å². The minimum atomic E-state index is 0. The Balaban J connectivity index is 0.00000420. The van der Waals surface area contributed by atoms with Gasteiger partial charge in [0.05, 0.1) is 13.2 Å². The molecule has 2 saturated heterocycles. The zero-order valence-corrected chi connectivity index (χ0v) is 21.7. The minimum absolute atomic E-state index is 0. The molecule has 0 bridgehead atoms. The maximum absolute atomic E-state index is 5.53. The molecule has 0 amide bonds. The van der Waals surface area contributed by atoms with Crippen LogP contribution in [0.15, 0.2) is 4.99 Å². The lowest BCUT2D eigenvalue weighted by Crippen LogP contribution is -2.51. The van der Waals surface area contributed by atoms with Gasteiger partial charge in [-0.2, -0.15) is 0 Å². The Morgan fingerprint density at radius 3 is 2.17 bits per heavy atom. The number of piperazine rings is 1. The van der Waals surface area contributed by atoms with E-state index in [1.807, 2.05) is 7.05 Å². The number of hydrogen-bond donors (Lipinski definition) is 2. The van der Waals surface area contributed by atoms with Gasteiger partial charge in [0.25, 0.3) is 0 Å². The zero-order chi connectivity index (χ0) is 20.4. The van der Waals surface area contributed by atoms with Crippen LogP contribution >= 0.6 is 24.0 Å². The largest absolute Gasteiger partial charge is 0.379 e. The molecule has 2 heterocycles. The van der Waals surface area contributed by atoms with E-state index in [1.165, 1.54) is 32.6 Å². The number of hydrogen-bond acceptors (Lipinski definition) is 5. The molecular formula is C21H45IN6O. The summed E-state index contributed by atoms with van der Waals surface area (Å²) in [5, 5.41) is 7.11. The van der Waals surface area contributed by atoms with E-state index < -0.39 is 0 Å². The van der Waals surface area contributed by atoms with Gasteiger partial charge in [0.15, 0.2) is 5.96 Å². The first kappa shape index (κ1) is 26.9. The number of guanidine groups is 1. The van der Waals surface area contributed by atoms with Crippen molar-refractivity contribution in [2.75, 3.05) is 86.2 Å². The molecule has 2 aliphatic rings. The molecule has 172 valence electrons. The fraction of sp³-hybridized carbons (Fsp3) is 0.952. The molecule has 2 N–H and O–H groups in total. The van der Waals surface area contributed by atoms with E-state index >= 15 is 0 Å². The fourth-order valence-corrected chi connectivity index (χ4v) is 4.09. The topological polar surface area (TPSA) is 55.4 Å². The molecule has 0 aromatic heterocycles. The highest BCUT2D eigenvalue weighted by Gasteiger charge is 2.22. The van der Waals surface area contributed by atoms with Crippen LogP contribution in [0.1, 0.15) is 27.2 Å². The van der Waals surface area contributed by atoms with Crippen molar-refractivity contribution in [1.29, 1.82) is 0 Å². The van der Waals surface area contributed by atoms with E-state index in [0.29, 0.717) is 17.9 Å². The first-order chi connectivity index (χ1) is 13.5. The molecular weight excluding hydrogens is 479 g/mol. The molecule has 0 saturated carbocycles. The second-order valence-electron chi connectivity index (χ2n) is 8.97. The lowest BCUT2D eigenvalue weighted by Gasteiger charge is -2.36. The predicted molar refractivity (Wildman–Crippen MR) is 134 cm³/mol. The molecule has 0 aromatic carbocycles. The standard InChI is InChI=1S/C21H44N6O.HI/c1-18(2)14-20(27-10-12-28-13-11-27)16-24-21(22-4)23-15-19(3)17-26-8-6-25(5)7-9-26;/h18-20H,6-17H2,1-5H3,(H2,22,23,24);1H. The van der Waals surface area contributed by atoms with Crippen LogP contribution in [0.2, 0.25) is 0 Å². The van der Waals surface area contributed by atoms with Gasteiger partial charge in [-0.1, -0.05) is 20.8 Å². The SMILES string of the molecule is CN=C(NCC(C)CN1CCN(C)CC1)NCC(CC(C)C)N1CCOCC1.I. The van der Waals surface area contributed by atoms with E-state index in [2.05, 4.69) is 58.1 Å². The van der Waals surface area contributed by atoms with Crippen molar-refractivity contribution in [1.82, 2.24) is 25.3 Å². The monoisotopic (exact) mass is 524 g/mol. The third-order valence-corrected chi connectivity index (χ3v) is 5.82. The summed E-state index contributed by atoms with van der Waals surface area (Å²) in [6.07, 6.45) is 1.20. The lowest BCUT2D eigenvalue weighted by atomic mass is 10.0. The van der Waals surface area contributed by atoms with Crippen molar-refractivity contribution in [2.45, 2.75) is 33.2 Å². The van der Waals surface area contributed by atoms with Crippen molar-refractivity contribution < 1.29 is 4.74 Å². The zero-order valence-electron chi connectivity index (χ0n) is 19.3. The Labute approximate surface area is 196 Å². The Hall–Kier alpha value is -0.160. The van der Waals surface area contributed by atoms with Crippen molar-refractivity contribution >= 4 is 29.9 Å². The molecule has 2 fully saturated rings. The third kappa shape index (κ3) is 10.6. The van der Waals surface area contributed by atoms with Crippen LogP contribution in [-0.4, -0.2) is 113 Å². The van der Waals surface area contributed by atoms with Crippen LogP contribution in [0, 0.1) is 11.8 Å². The smallest absolute Gasteiger partial charge is 0.191 e. The van der Waals surface area contributed by atoms with Gasteiger partial charge in [-0.3, -0.25) is 9.89 Å². The first-order valence-electron chi connectivity index (χ1n) is 11.1. The summed E-state index contributed by atoms with van der Waals surface area (Å²) < 4.78 is 5.53. The van der Waals surface area contributed by atoms with Gasteiger partial charge in [-0.05, 0) is 25.3 Å². The quantitative estimate of drug-likeness (QED) is 0.270. The lowest BCUT2D eigenvalue weighted by molar-refractivity contribution is 0.0132. The second-order valence-corrected chi connectivity index (χ2v) is 8.97. The molecule has 0 aliphatic carbocycles. The molecule has 2 aliphatic heterocycles. The summed E-state index contributed by atoms with van der Waals surface area (Å²) in [5.74, 6) is 2.22. The van der Waals surface area contributed by atoms with E-state index in [-0.39, 0.29) is 24.0 Å². The molecule has 0 spiro atoms. The summed E-state index contributed by atoms with van der Waals surface area (Å²) in [7, 11) is 4.08. The maximum atomic E-state index is 5.53. The van der Waals surface area contributed by atoms with E-state index in [9.17, 15) is 0 Å². The molecule has 2 atom stereocenters. The van der Waals surface area contributed by atoms with Crippen LogP contribution in [0.4, 0.5) is 0 Å². The number of aliphatic imine (C=N–C) groups is 1. The number of halogens is 1. The van der Waals surface area contributed by atoms with Gasteiger partial charge in [0.2, 0.25) is 0 Å². The molecule has 0 aromatic rings. The van der Waals surface area contributed by atoms with Crippen molar-refractivity contribution in [3.8, 4) is 0 Å². The number of likely N-dealkylation sites (N-methyl/N-ethyl adjacent to an activating group) is 1. The maximum Gasteiger partial charge on any atom is 0.191 e. The molecule has 29 heavy (non-hydrogen) atoms. The van der Waals surface area contributed by atoms with Gasteiger partial charge >= 0.3 is 0 Å². The number of rotatable bonds is 9. The van der Waals surface area contributed by atoms with Gasteiger partial charge < -0.3 is 25.2 Å². The summed E-state index contributed by atoms with van der Waals surface area (Å²) in [6.45, 7) is 18.5. The van der Waals surface area contributed by atoms with Crippen molar-refractivity contribution in [3.05, 3.63) is 0 Å². The number of ether oxygens (including phenoxy) is 1. The Morgan fingerprint density at radius 2 is 1.59 bits per heavy atom. The number of morpholine rings is 1. The Morgan fingerprint density at radius 1 is 0.966 bits per heavy atom. The van der Waals surface area contributed by atoms with Crippen LogP contribution < -0.4 is 10.6 Å². The van der Waals surface area contributed by atoms with Gasteiger partial charge in [-0.15, -0.1) is 24.0 Å². The van der Waals surface area contributed by atoms with Crippen molar-refractivity contribution in [3.63, 3.8) is 0 Å². The molecule has 0 radical (unpaired) electrons. The molecule has 2 unspecified atom stereocenters. The number of nitrogens with one attached hydrogen (secondary N) is 2.